The van der Waals surface area contributed by atoms with E-state index < -0.39 is 17.4 Å². The second-order valence-electron chi connectivity index (χ2n) is 2.43. The van der Waals surface area contributed by atoms with E-state index in [9.17, 15) is 8.78 Å². The third-order valence-corrected chi connectivity index (χ3v) is 1.61. The first-order valence-corrected chi connectivity index (χ1v) is 4.05. The molecule has 0 saturated heterocycles. The zero-order valence-electron chi connectivity index (χ0n) is 7.30. The maximum Gasteiger partial charge on any atom is 0.192 e. The first-order chi connectivity index (χ1) is 6.56. The van der Waals surface area contributed by atoms with Gasteiger partial charge in [0.1, 0.15) is 0 Å². The molecule has 0 bridgehead atoms. The van der Waals surface area contributed by atoms with Gasteiger partial charge in [0.15, 0.2) is 22.5 Å². The SMILES string of the molecule is COc1c(F)ccc(NC(N)=S)c1F. The molecule has 0 atom stereocenters. The molecule has 0 aromatic heterocycles. The maximum atomic E-state index is 13.4. The molecule has 0 radical (unpaired) electrons. The normalized spacial score (nSPS) is 9.64. The lowest BCUT2D eigenvalue weighted by Gasteiger charge is -2.09. The summed E-state index contributed by atoms with van der Waals surface area (Å²) in [6, 6.07) is 2.24. The molecule has 0 fully saturated rings. The van der Waals surface area contributed by atoms with Gasteiger partial charge in [0.25, 0.3) is 0 Å². The van der Waals surface area contributed by atoms with Crippen LogP contribution in [0, 0.1) is 11.6 Å². The van der Waals surface area contributed by atoms with Crippen LogP contribution in [0.3, 0.4) is 0 Å². The number of rotatable bonds is 2. The van der Waals surface area contributed by atoms with E-state index in [1.54, 1.807) is 0 Å². The van der Waals surface area contributed by atoms with E-state index in [2.05, 4.69) is 22.3 Å². The first kappa shape index (κ1) is 10.6. The predicted octanol–water partition coefficient (Wildman–Crippen LogP) is 1.63. The van der Waals surface area contributed by atoms with Crippen molar-refractivity contribution in [3.8, 4) is 5.75 Å². The fourth-order valence-electron chi connectivity index (χ4n) is 0.949. The molecular weight excluding hydrogens is 210 g/mol. The van der Waals surface area contributed by atoms with Gasteiger partial charge in [-0.3, -0.25) is 0 Å². The Hall–Kier alpha value is -1.43. The molecule has 0 aliphatic rings. The summed E-state index contributed by atoms with van der Waals surface area (Å²) in [4.78, 5) is 0. The Bertz CT molecular complexity index is 371. The van der Waals surface area contributed by atoms with E-state index in [-0.39, 0.29) is 10.8 Å². The zero-order valence-corrected chi connectivity index (χ0v) is 8.12. The number of nitrogens with one attached hydrogen (secondary N) is 1. The summed E-state index contributed by atoms with van der Waals surface area (Å²) in [6.45, 7) is 0. The summed E-state index contributed by atoms with van der Waals surface area (Å²) in [6.07, 6.45) is 0. The minimum absolute atomic E-state index is 0.0178. The number of benzene rings is 1. The number of nitrogens with two attached hydrogens (primary N) is 1. The van der Waals surface area contributed by atoms with E-state index in [1.807, 2.05) is 0 Å². The van der Waals surface area contributed by atoms with Gasteiger partial charge in [-0.1, -0.05) is 0 Å². The number of hydrogen-bond acceptors (Lipinski definition) is 2. The molecule has 1 rings (SSSR count). The maximum absolute atomic E-state index is 13.4. The molecular formula is C8H8F2N2OS. The van der Waals surface area contributed by atoms with E-state index in [4.69, 9.17) is 5.73 Å². The van der Waals surface area contributed by atoms with Crippen LogP contribution in [0.2, 0.25) is 0 Å². The fraction of sp³-hybridized carbons (Fsp3) is 0.125. The van der Waals surface area contributed by atoms with Gasteiger partial charge in [0, 0.05) is 0 Å². The van der Waals surface area contributed by atoms with Gasteiger partial charge in [-0.2, -0.15) is 0 Å². The van der Waals surface area contributed by atoms with Crippen molar-refractivity contribution in [1.29, 1.82) is 0 Å². The highest BCUT2D eigenvalue weighted by molar-refractivity contribution is 7.80. The molecule has 0 aliphatic heterocycles. The average molecular weight is 218 g/mol. The van der Waals surface area contributed by atoms with Crippen LogP contribution >= 0.6 is 12.2 Å². The van der Waals surface area contributed by atoms with Crippen molar-refractivity contribution in [2.45, 2.75) is 0 Å². The smallest absolute Gasteiger partial charge is 0.192 e. The largest absolute Gasteiger partial charge is 0.491 e. The van der Waals surface area contributed by atoms with Crippen LogP contribution in [0.4, 0.5) is 14.5 Å². The molecule has 0 aliphatic carbocycles. The van der Waals surface area contributed by atoms with Crippen LogP contribution in [0.15, 0.2) is 12.1 Å². The Morgan fingerprint density at radius 1 is 1.50 bits per heavy atom. The van der Waals surface area contributed by atoms with E-state index in [1.165, 1.54) is 13.2 Å². The van der Waals surface area contributed by atoms with Crippen molar-refractivity contribution < 1.29 is 13.5 Å². The molecule has 0 unspecified atom stereocenters. The number of ether oxygens (including phenoxy) is 1. The standard InChI is InChI=1S/C8H8F2N2OS/c1-13-7-4(9)2-3-5(6(7)10)12-8(11)14/h2-3H,1H3,(H3,11,12,14). The summed E-state index contributed by atoms with van der Waals surface area (Å²) >= 11 is 4.51. The second kappa shape index (κ2) is 4.19. The van der Waals surface area contributed by atoms with Gasteiger partial charge in [-0.15, -0.1) is 0 Å². The van der Waals surface area contributed by atoms with E-state index in [0.29, 0.717) is 0 Å². The van der Waals surface area contributed by atoms with Gasteiger partial charge in [-0.25, -0.2) is 8.78 Å². The summed E-state index contributed by atoms with van der Waals surface area (Å²) in [5.74, 6) is -2.11. The number of anilines is 1. The summed E-state index contributed by atoms with van der Waals surface area (Å²) in [5.41, 5.74) is 5.12. The van der Waals surface area contributed by atoms with Gasteiger partial charge in [-0.05, 0) is 24.4 Å². The lowest BCUT2D eigenvalue weighted by molar-refractivity contribution is 0.361. The third kappa shape index (κ3) is 2.08. The average Bonchev–Trinajstić information content (AvgIpc) is 2.10. The van der Waals surface area contributed by atoms with Crippen molar-refractivity contribution in [2.75, 3.05) is 12.4 Å². The lowest BCUT2D eigenvalue weighted by atomic mass is 10.2. The van der Waals surface area contributed by atoms with Crippen LogP contribution < -0.4 is 15.8 Å². The highest BCUT2D eigenvalue weighted by Gasteiger charge is 2.13. The van der Waals surface area contributed by atoms with E-state index in [0.717, 1.165) is 6.07 Å². The highest BCUT2D eigenvalue weighted by Crippen LogP contribution is 2.27. The fourth-order valence-corrected chi connectivity index (χ4v) is 1.06. The Morgan fingerprint density at radius 2 is 2.14 bits per heavy atom. The number of methoxy groups -OCH3 is 1. The molecule has 0 spiro atoms. The summed E-state index contributed by atoms with van der Waals surface area (Å²) in [7, 11) is 1.17. The van der Waals surface area contributed by atoms with Gasteiger partial charge < -0.3 is 15.8 Å². The summed E-state index contributed by atoms with van der Waals surface area (Å²) < 4.78 is 30.8. The van der Waals surface area contributed by atoms with E-state index >= 15 is 0 Å². The molecule has 14 heavy (non-hydrogen) atoms. The molecule has 1 aromatic carbocycles. The van der Waals surface area contributed by atoms with Crippen molar-refractivity contribution >= 4 is 23.0 Å². The van der Waals surface area contributed by atoms with Gasteiger partial charge in [0.2, 0.25) is 0 Å². The van der Waals surface area contributed by atoms with Crippen LogP contribution in [0.1, 0.15) is 0 Å². The van der Waals surface area contributed by atoms with Crippen molar-refractivity contribution in [3.63, 3.8) is 0 Å². The van der Waals surface area contributed by atoms with Crippen LogP contribution in [-0.2, 0) is 0 Å². The topological polar surface area (TPSA) is 47.3 Å². The van der Waals surface area contributed by atoms with Crippen molar-refractivity contribution in [3.05, 3.63) is 23.8 Å². The predicted molar refractivity (Wildman–Crippen MR) is 53.3 cm³/mol. The number of halogens is 2. The Kier molecular flexibility index (Phi) is 3.19. The molecule has 3 nitrogen and oxygen atoms in total. The van der Waals surface area contributed by atoms with Crippen molar-refractivity contribution in [2.24, 2.45) is 5.73 Å². The highest BCUT2D eigenvalue weighted by atomic mass is 32.1. The first-order valence-electron chi connectivity index (χ1n) is 3.64. The molecule has 76 valence electrons. The van der Waals surface area contributed by atoms with Gasteiger partial charge >= 0.3 is 0 Å². The molecule has 6 heteroatoms. The lowest BCUT2D eigenvalue weighted by Crippen LogP contribution is -2.19. The van der Waals surface area contributed by atoms with Crippen LogP contribution in [0.5, 0.6) is 5.75 Å². The molecule has 0 amide bonds. The summed E-state index contributed by atoms with van der Waals surface area (Å²) in [5, 5.41) is 2.26. The number of thiocarbonyl (C=S) groups is 1. The Morgan fingerprint density at radius 3 is 2.64 bits per heavy atom. The quantitative estimate of drug-likeness (QED) is 0.741. The Balaban J connectivity index is 3.14. The monoisotopic (exact) mass is 218 g/mol. The van der Waals surface area contributed by atoms with Gasteiger partial charge in [0.05, 0.1) is 12.8 Å². The third-order valence-electron chi connectivity index (χ3n) is 1.51. The minimum atomic E-state index is -0.861. The minimum Gasteiger partial charge on any atom is -0.491 e. The second-order valence-corrected chi connectivity index (χ2v) is 2.87. The molecule has 0 saturated carbocycles. The molecule has 0 heterocycles. The van der Waals surface area contributed by atoms with Crippen LogP contribution in [0.25, 0.3) is 0 Å². The number of hydrogen-bond donors (Lipinski definition) is 2. The molecule has 3 N–H and O–H groups in total. The van der Waals surface area contributed by atoms with Crippen molar-refractivity contribution in [1.82, 2.24) is 0 Å². The van der Waals surface area contributed by atoms with Crippen LogP contribution in [-0.4, -0.2) is 12.2 Å². The molecule has 1 aromatic rings. The zero-order chi connectivity index (χ0) is 10.7. The Labute approximate surface area is 84.9 Å².